The van der Waals surface area contributed by atoms with Gasteiger partial charge in [-0.1, -0.05) is 12.1 Å². The molecule has 0 amide bonds. The lowest BCUT2D eigenvalue weighted by molar-refractivity contribution is -0.0145. The molecule has 0 aliphatic carbocycles. The van der Waals surface area contributed by atoms with E-state index in [1.807, 2.05) is 0 Å². The molecule has 2 unspecified atom stereocenters. The van der Waals surface area contributed by atoms with E-state index in [-0.39, 0.29) is 0 Å². The van der Waals surface area contributed by atoms with Gasteiger partial charge < -0.3 is 20.3 Å². The fourth-order valence-electron chi connectivity index (χ4n) is 1.89. The van der Waals surface area contributed by atoms with Crippen molar-refractivity contribution in [2.45, 2.75) is 12.2 Å². The van der Waals surface area contributed by atoms with Crippen LogP contribution in [-0.4, -0.2) is 39.3 Å². The van der Waals surface area contributed by atoms with Gasteiger partial charge in [-0.05, 0) is 11.6 Å². The molecule has 5 nitrogen and oxygen atoms in total. The average Bonchev–Trinajstić information content (AvgIpc) is 2.79. The lowest BCUT2D eigenvalue weighted by Crippen LogP contribution is -2.22. The fraction of sp³-hybridized carbons (Fsp3) is 0.250. The summed E-state index contributed by atoms with van der Waals surface area (Å²) >= 11 is 0. The van der Waals surface area contributed by atoms with Crippen LogP contribution in [0.2, 0.25) is 0 Å². The van der Waals surface area contributed by atoms with Gasteiger partial charge in [0, 0.05) is 22.7 Å². The van der Waals surface area contributed by atoms with Crippen LogP contribution < -0.4 is 0 Å². The van der Waals surface area contributed by atoms with Gasteiger partial charge in [-0.25, -0.2) is 0 Å². The Morgan fingerprint density at radius 1 is 1.35 bits per heavy atom. The number of nitrogens with one attached hydrogen (secondary N) is 1. The summed E-state index contributed by atoms with van der Waals surface area (Å²) in [7, 11) is 0. The molecule has 0 radical (unpaired) electrons. The normalized spacial score (nSPS) is 14.8. The first-order valence-corrected chi connectivity index (χ1v) is 5.21. The molecule has 90 valence electrons. The maximum Gasteiger partial charge on any atom is 0.152 e. The van der Waals surface area contributed by atoms with Crippen LogP contribution in [0.25, 0.3) is 10.9 Å². The fourth-order valence-corrected chi connectivity index (χ4v) is 1.89. The van der Waals surface area contributed by atoms with Crippen molar-refractivity contribution in [3.63, 3.8) is 0 Å². The predicted molar refractivity (Wildman–Crippen MR) is 61.7 cm³/mol. The van der Waals surface area contributed by atoms with Gasteiger partial charge in [0.25, 0.3) is 0 Å². The molecule has 1 aromatic carbocycles. The number of H-pyrrole nitrogens is 1. The lowest BCUT2D eigenvalue weighted by atomic mass is 9.99. The van der Waals surface area contributed by atoms with E-state index in [2.05, 4.69) is 4.98 Å². The number of fused-ring (bicyclic) bond motifs is 1. The van der Waals surface area contributed by atoms with Crippen LogP contribution in [0.3, 0.4) is 0 Å². The lowest BCUT2D eigenvalue weighted by Gasteiger charge is -2.17. The molecule has 4 N–H and O–H groups in total. The second-order valence-electron chi connectivity index (χ2n) is 3.83. The van der Waals surface area contributed by atoms with Crippen molar-refractivity contribution in [2.24, 2.45) is 0 Å². The molecule has 0 fully saturated rings. The van der Waals surface area contributed by atoms with E-state index in [0.717, 1.165) is 0 Å². The van der Waals surface area contributed by atoms with E-state index in [0.29, 0.717) is 28.3 Å². The van der Waals surface area contributed by atoms with Gasteiger partial charge in [0.1, 0.15) is 12.2 Å². The molecule has 0 saturated carbocycles. The van der Waals surface area contributed by atoms with Crippen LogP contribution >= 0.6 is 0 Å². The number of aromatic amines is 1. The molecule has 2 rings (SSSR count). The molecule has 0 aliphatic heterocycles. The van der Waals surface area contributed by atoms with Crippen molar-refractivity contribution in [3.05, 3.63) is 35.5 Å². The van der Waals surface area contributed by atoms with Crippen molar-refractivity contribution in [2.75, 3.05) is 6.61 Å². The zero-order valence-electron chi connectivity index (χ0n) is 9.00. The Bertz CT molecular complexity index is 534. The van der Waals surface area contributed by atoms with Crippen LogP contribution in [0.1, 0.15) is 22.0 Å². The molecular formula is C12H13NO4. The first-order chi connectivity index (χ1) is 8.19. The predicted octanol–water partition coefficient (Wildman–Crippen LogP) is 0.367. The minimum atomic E-state index is -1.27. The number of aliphatic hydroxyl groups excluding tert-OH is 3. The Morgan fingerprint density at radius 2 is 2.12 bits per heavy atom. The van der Waals surface area contributed by atoms with E-state index >= 15 is 0 Å². The highest BCUT2D eigenvalue weighted by atomic mass is 16.4. The van der Waals surface area contributed by atoms with Crippen LogP contribution in [-0.2, 0) is 0 Å². The minimum Gasteiger partial charge on any atom is -0.394 e. The van der Waals surface area contributed by atoms with Gasteiger partial charge in [-0.3, -0.25) is 4.79 Å². The zero-order chi connectivity index (χ0) is 12.4. The summed E-state index contributed by atoms with van der Waals surface area (Å²) in [5, 5.41) is 28.7. The van der Waals surface area contributed by atoms with Crippen molar-refractivity contribution >= 4 is 17.2 Å². The minimum absolute atomic E-state index is 0.416. The highest BCUT2D eigenvalue weighted by Crippen LogP contribution is 2.28. The monoisotopic (exact) mass is 235 g/mol. The number of benzene rings is 1. The smallest absolute Gasteiger partial charge is 0.152 e. The highest BCUT2D eigenvalue weighted by molar-refractivity contribution is 5.99. The van der Waals surface area contributed by atoms with E-state index in [9.17, 15) is 15.0 Å². The average molecular weight is 235 g/mol. The summed E-state index contributed by atoms with van der Waals surface area (Å²) in [6, 6.07) is 5.09. The Hall–Kier alpha value is -1.69. The number of hydrogen-bond donors (Lipinski definition) is 4. The van der Waals surface area contributed by atoms with Gasteiger partial charge in [-0.15, -0.1) is 0 Å². The zero-order valence-corrected chi connectivity index (χ0v) is 9.00. The van der Waals surface area contributed by atoms with Gasteiger partial charge >= 0.3 is 0 Å². The molecule has 0 aliphatic rings. The van der Waals surface area contributed by atoms with Crippen LogP contribution in [0.4, 0.5) is 0 Å². The second-order valence-corrected chi connectivity index (χ2v) is 3.83. The topological polar surface area (TPSA) is 93.6 Å². The second kappa shape index (κ2) is 4.67. The highest BCUT2D eigenvalue weighted by Gasteiger charge is 2.21. The molecule has 0 bridgehead atoms. The van der Waals surface area contributed by atoms with E-state index in [1.54, 1.807) is 24.4 Å². The van der Waals surface area contributed by atoms with Crippen molar-refractivity contribution in [1.29, 1.82) is 0 Å². The summed E-state index contributed by atoms with van der Waals surface area (Å²) in [5.41, 5.74) is 1.54. The summed E-state index contributed by atoms with van der Waals surface area (Å²) in [4.78, 5) is 13.8. The Balaban J connectivity index is 2.60. The summed E-state index contributed by atoms with van der Waals surface area (Å²) in [5.74, 6) is 0. The van der Waals surface area contributed by atoms with Gasteiger partial charge in [-0.2, -0.15) is 0 Å². The molecule has 5 heteroatoms. The van der Waals surface area contributed by atoms with Crippen LogP contribution in [0.5, 0.6) is 0 Å². The quantitative estimate of drug-likeness (QED) is 0.576. The maximum atomic E-state index is 10.9. The third-order valence-electron chi connectivity index (χ3n) is 2.77. The summed E-state index contributed by atoms with van der Waals surface area (Å²) in [6.07, 6.45) is -0.271. The number of aliphatic hydroxyl groups is 3. The molecule has 0 saturated heterocycles. The van der Waals surface area contributed by atoms with Crippen LogP contribution in [0, 0.1) is 0 Å². The Morgan fingerprint density at radius 3 is 2.76 bits per heavy atom. The number of carbonyl (C=O) groups excluding carboxylic acids is 1. The van der Waals surface area contributed by atoms with E-state index < -0.39 is 18.8 Å². The first kappa shape index (κ1) is 11.8. The first-order valence-electron chi connectivity index (χ1n) is 5.21. The third-order valence-corrected chi connectivity index (χ3v) is 2.77. The van der Waals surface area contributed by atoms with Gasteiger partial charge in [0.05, 0.1) is 6.61 Å². The third kappa shape index (κ3) is 1.95. The summed E-state index contributed by atoms with van der Waals surface area (Å²) < 4.78 is 0. The summed E-state index contributed by atoms with van der Waals surface area (Å²) in [6.45, 7) is -0.543. The number of rotatable bonds is 4. The molecule has 1 aromatic heterocycles. The van der Waals surface area contributed by atoms with Gasteiger partial charge in [0.15, 0.2) is 6.29 Å². The number of hydrogen-bond acceptors (Lipinski definition) is 4. The van der Waals surface area contributed by atoms with E-state index in [4.69, 9.17) is 5.11 Å². The standard InChI is InChI=1S/C12H13NO4/c14-5-7-4-13-9-3-1-2-8(11(7)9)12(17)10(16)6-15/h1-5,10,12-13,15-17H,6H2. The SMILES string of the molecule is O=Cc1c[nH]c2cccc(C(O)C(O)CO)c12. The molecule has 17 heavy (non-hydrogen) atoms. The van der Waals surface area contributed by atoms with Crippen LogP contribution in [0.15, 0.2) is 24.4 Å². The Kier molecular flexibility index (Phi) is 3.23. The number of carbonyl (C=O) groups is 1. The maximum absolute atomic E-state index is 10.9. The van der Waals surface area contributed by atoms with Crippen molar-refractivity contribution in [1.82, 2.24) is 4.98 Å². The Labute approximate surface area is 97.3 Å². The van der Waals surface area contributed by atoms with Gasteiger partial charge in [0.2, 0.25) is 0 Å². The van der Waals surface area contributed by atoms with Crippen molar-refractivity contribution < 1.29 is 20.1 Å². The molecule has 1 heterocycles. The molecule has 2 atom stereocenters. The van der Waals surface area contributed by atoms with E-state index in [1.165, 1.54) is 0 Å². The molecule has 2 aromatic rings. The molecular weight excluding hydrogens is 222 g/mol. The molecule has 0 spiro atoms. The largest absolute Gasteiger partial charge is 0.394 e. The number of aldehydes is 1. The van der Waals surface area contributed by atoms with Crippen molar-refractivity contribution in [3.8, 4) is 0 Å². The number of aromatic nitrogens is 1.